The van der Waals surface area contributed by atoms with E-state index in [1.807, 2.05) is 4.90 Å². The molecule has 4 rings (SSSR count). The standard InChI is InChI=1S/C17H18FN3O3/c1-10-19-16(20-24-10)15-9-21(6-7-23-15)17(22)14-8-13(14)11-2-4-12(18)5-3-11/h2-5,13-15H,6-9H2,1H3/t13-,14-,15-/m0/s1. The Kier molecular flexibility index (Phi) is 3.80. The normalized spacial score (nSPS) is 26.4. The molecule has 7 heteroatoms. The maximum absolute atomic E-state index is 13.0. The van der Waals surface area contributed by atoms with Gasteiger partial charge in [-0.15, -0.1) is 0 Å². The fourth-order valence-electron chi connectivity index (χ4n) is 3.23. The highest BCUT2D eigenvalue weighted by atomic mass is 19.1. The summed E-state index contributed by atoms with van der Waals surface area (Å²) in [7, 11) is 0. The molecule has 3 atom stereocenters. The van der Waals surface area contributed by atoms with E-state index in [4.69, 9.17) is 9.26 Å². The van der Waals surface area contributed by atoms with Gasteiger partial charge in [-0.05, 0) is 30.0 Å². The average molecular weight is 331 g/mol. The summed E-state index contributed by atoms with van der Waals surface area (Å²) in [6.45, 7) is 3.18. The van der Waals surface area contributed by atoms with Gasteiger partial charge in [0.15, 0.2) is 0 Å². The molecule has 2 aliphatic rings. The van der Waals surface area contributed by atoms with Crippen molar-refractivity contribution in [1.29, 1.82) is 0 Å². The van der Waals surface area contributed by atoms with Crippen LogP contribution in [0, 0.1) is 18.7 Å². The molecule has 1 aromatic heterocycles. The van der Waals surface area contributed by atoms with Crippen molar-refractivity contribution in [2.45, 2.75) is 25.4 Å². The second-order valence-corrected chi connectivity index (χ2v) is 6.32. The third-order valence-corrected chi connectivity index (χ3v) is 4.62. The number of halogens is 1. The SMILES string of the molecule is Cc1nc([C@@H]2CN(C(=O)[C@H]3C[C@H]3c3ccc(F)cc3)CCO2)no1. The molecule has 2 aromatic rings. The first-order chi connectivity index (χ1) is 11.6. The fraction of sp³-hybridized carbons (Fsp3) is 0.471. The molecule has 2 heterocycles. The smallest absolute Gasteiger partial charge is 0.226 e. The number of rotatable bonds is 3. The van der Waals surface area contributed by atoms with Crippen LogP contribution < -0.4 is 0 Å². The first-order valence-electron chi connectivity index (χ1n) is 8.08. The van der Waals surface area contributed by atoms with Gasteiger partial charge in [-0.1, -0.05) is 17.3 Å². The highest BCUT2D eigenvalue weighted by Gasteiger charge is 2.46. The highest BCUT2D eigenvalue weighted by Crippen LogP contribution is 2.48. The van der Waals surface area contributed by atoms with Crippen LogP contribution in [-0.4, -0.2) is 40.6 Å². The van der Waals surface area contributed by atoms with Crippen LogP contribution in [0.15, 0.2) is 28.8 Å². The number of nitrogens with zero attached hydrogens (tertiary/aromatic N) is 3. The zero-order valence-corrected chi connectivity index (χ0v) is 13.3. The number of carbonyl (C=O) groups excluding carboxylic acids is 1. The monoisotopic (exact) mass is 331 g/mol. The number of amides is 1. The Morgan fingerprint density at radius 3 is 2.83 bits per heavy atom. The molecule has 1 aliphatic carbocycles. The number of benzene rings is 1. The van der Waals surface area contributed by atoms with Gasteiger partial charge in [-0.25, -0.2) is 4.39 Å². The largest absolute Gasteiger partial charge is 0.366 e. The lowest BCUT2D eigenvalue weighted by Crippen LogP contribution is -2.43. The van der Waals surface area contributed by atoms with Crippen molar-refractivity contribution >= 4 is 5.91 Å². The Bertz CT molecular complexity index is 746. The Hall–Kier alpha value is -2.28. The quantitative estimate of drug-likeness (QED) is 0.863. The molecule has 2 fully saturated rings. The van der Waals surface area contributed by atoms with Gasteiger partial charge in [-0.2, -0.15) is 4.98 Å². The molecule has 0 N–H and O–H groups in total. The third-order valence-electron chi connectivity index (χ3n) is 4.62. The van der Waals surface area contributed by atoms with E-state index in [1.165, 1.54) is 12.1 Å². The van der Waals surface area contributed by atoms with E-state index in [1.54, 1.807) is 19.1 Å². The number of ether oxygens (including phenoxy) is 1. The molecule has 6 nitrogen and oxygen atoms in total. The molecule has 1 aliphatic heterocycles. The zero-order chi connectivity index (χ0) is 16.7. The lowest BCUT2D eigenvalue weighted by atomic mass is 10.1. The van der Waals surface area contributed by atoms with E-state index in [2.05, 4.69) is 10.1 Å². The minimum atomic E-state index is -0.344. The van der Waals surface area contributed by atoms with E-state index in [-0.39, 0.29) is 29.7 Å². The van der Waals surface area contributed by atoms with E-state index in [9.17, 15) is 9.18 Å². The van der Waals surface area contributed by atoms with Crippen LogP contribution in [0.25, 0.3) is 0 Å². The van der Waals surface area contributed by atoms with Gasteiger partial charge in [0, 0.05) is 19.4 Å². The van der Waals surface area contributed by atoms with Crippen LogP contribution in [0.2, 0.25) is 0 Å². The predicted octanol–water partition coefficient (Wildman–Crippen LogP) is 2.22. The van der Waals surface area contributed by atoms with Crippen LogP contribution in [-0.2, 0) is 9.53 Å². The Balaban J connectivity index is 1.41. The number of aromatic nitrogens is 2. The topological polar surface area (TPSA) is 68.5 Å². The Labute approximate surface area is 138 Å². The van der Waals surface area contributed by atoms with Crippen molar-refractivity contribution < 1.29 is 18.4 Å². The number of morpholine rings is 1. The summed E-state index contributed by atoms with van der Waals surface area (Å²) in [6.07, 6.45) is 0.469. The number of carbonyl (C=O) groups is 1. The summed E-state index contributed by atoms with van der Waals surface area (Å²) in [6, 6.07) is 6.41. The first-order valence-corrected chi connectivity index (χ1v) is 8.08. The van der Waals surface area contributed by atoms with Gasteiger partial charge in [0.2, 0.25) is 17.6 Å². The predicted molar refractivity (Wildman–Crippen MR) is 81.6 cm³/mol. The van der Waals surface area contributed by atoms with Crippen LogP contribution in [0.3, 0.4) is 0 Å². The second kappa shape index (κ2) is 5.98. The van der Waals surface area contributed by atoms with Crippen molar-refractivity contribution in [3.05, 3.63) is 47.4 Å². The van der Waals surface area contributed by atoms with Crippen molar-refractivity contribution in [3.63, 3.8) is 0 Å². The molecule has 0 unspecified atom stereocenters. The third kappa shape index (κ3) is 2.91. The number of hydrogen-bond donors (Lipinski definition) is 0. The summed E-state index contributed by atoms with van der Waals surface area (Å²) in [5, 5.41) is 3.88. The van der Waals surface area contributed by atoms with E-state index < -0.39 is 0 Å². The van der Waals surface area contributed by atoms with Crippen LogP contribution in [0.5, 0.6) is 0 Å². The van der Waals surface area contributed by atoms with Crippen molar-refractivity contribution in [2.24, 2.45) is 5.92 Å². The number of hydrogen-bond acceptors (Lipinski definition) is 5. The lowest BCUT2D eigenvalue weighted by molar-refractivity contribution is -0.140. The van der Waals surface area contributed by atoms with E-state index >= 15 is 0 Å². The fourth-order valence-corrected chi connectivity index (χ4v) is 3.23. The van der Waals surface area contributed by atoms with Gasteiger partial charge in [0.25, 0.3) is 0 Å². The van der Waals surface area contributed by atoms with Gasteiger partial charge in [-0.3, -0.25) is 4.79 Å². The van der Waals surface area contributed by atoms with Crippen LogP contribution in [0.4, 0.5) is 4.39 Å². The van der Waals surface area contributed by atoms with Crippen molar-refractivity contribution in [1.82, 2.24) is 15.0 Å². The van der Waals surface area contributed by atoms with Crippen LogP contribution in [0.1, 0.15) is 35.7 Å². The molecule has 0 spiro atoms. The Morgan fingerprint density at radius 2 is 2.12 bits per heavy atom. The van der Waals surface area contributed by atoms with Crippen molar-refractivity contribution in [3.8, 4) is 0 Å². The first kappa shape index (κ1) is 15.3. The minimum absolute atomic E-state index is 0.0267. The summed E-state index contributed by atoms with van der Waals surface area (Å²) in [4.78, 5) is 18.7. The minimum Gasteiger partial charge on any atom is -0.366 e. The summed E-state index contributed by atoms with van der Waals surface area (Å²) in [5.74, 6) is 0.992. The van der Waals surface area contributed by atoms with Crippen LogP contribution >= 0.6 is 0 Å². The van der Waals surface area contributed by atoms with Gasteiger partial charge in [0.05, 0.1) is 13.2 Å². The van der Waals surface area contributed by atoms with E-state index in [0.717, 1.165) is 12.0 Å². The molecule has 0 radical (unpaired) electrons. The maximum atomic E-state index is 13.0. The molecular weight excluding hydrogens is 313 g/mol. The summed E-state index contributed by atoms with van der Waals surface area (Å²) >= 11 is 0. The molecule has 1 saturated carbocycles. The maximum Gasteiger partial charge on any atom is 0.226 e. The molecule has 1 saturated heterocycles. The lowest BCUT2D eigenvalue weighted by Gasteiger charge is -2.31. The average Bonchev–Trinajstić information content (AvgIpc) is 3.28. The molecule has 1 aromatic carbocycles. The van der Waals surface area contributed by atoms with Gasteiger partial charge < -0.3 is 14.2 Å². The number of aryl methyl sites for hydroxylation is 1. The highest BCUT2D eigenvalue weighted by molar-refractivity contribution is 5.83. The van der Waals surface area contributed by atoms with E-state index in [0.29, 0.717) is 31.4 Å². The molecule has 1 amide bonds. The molecule has 126 valence electrons. The summed E-state index contributed by atoms with van der Waals surface area (Å²) in [5.41, 5.74) is 1.02. The van der Waals surface area contributed by atoms with Gasteiger partial charge >= 0.3 is 0 Å². The summed E-state index contributed by atoms with van der Waals surface area (Å²) < 4.78 is 23.7. The zero-order valence-electron chi connectivity index (χ0n) is 13.3. The molecule has 24 heavy (non-hydrogen) atoms. The molecular formula is C17H18FN3O3. The Morgan fingerprint density at radius 1 is 1.33 bits per heavy atom. The second-order valence-electron chi connectivity index (χ2n) is 6.32. The van der Waals surface area contributed by atoms with Gasteiger partial charge in [0.1, 0.15) is 11.9 Å². The molecule has 0 bridgehead atoms. The van der Waals surface area contributed by atoms with Crippen molar-refractivity contribution in [2.75, 3.05) is 19.7 Å².